The van der Waals surface area contributed by atoms with E-state index in [1.807, 2.05) is 49.0 Å². The smallest absolute Gasteiger partial charge is 0.306 e. The van der Waals surface area contributed by atoms with Crippen LogP contribution in [0.4, 0.5) is 0 Å². The van der Waals surface area contributed by atoms with E-state index in [0.717, 1.165) is 23.4 Å². The molecule has 3 aromatic heterocycles. The largest absolute Gasteiger partial charge is 0.425 e. The first-order valence-electron chi connectivity index (χ1n) is 9.65. The fraction of sp³-hybridized carbons (Fsp3) is 0.333. The van der Waals surface area contributed by atoms with Crippen LogP contribution >= 0.6 is 0 Å². The van der Waals surface area contributed by atoms with Crippen LogP contribution in [0.2, 0.25) is 0 Å². The van der Waals surface area contributed by atoms with Crippen molar-refractivity contribution in [3.05, 3.63) is 52.7 Å². The van der Waals surface area contributed by atoms with E-state index >= 15 is 0 Å². The minimum absolute atomic E-state index is 0.0894. The van der Waals surface area contributed by atoms with Crippen molar-refractivity contribution in [2.45, 2.75) is 40.3 Å². The highest BCUT2D eigenvalue weighted by Gasteiger charge is 2.16. The second kappa shape index (κ2) is 7.20. The SMILES string of the molecule is CCn1ncc(-c2ccc(Oc3nc4c(cnn4C(C)C)c(=O)n3C)cc2)c1C. The Bertz CT molecular complexity index is 1230. The number of aryl methyl sites for hydroxylation is 1. The molecule has 0 aliphatic carbocycles. The molecule has 29 heavy (non-hydrogen) atoms. The van der Waals surface area contributed by atoms with E-state index in [1.54, 1.807) is 17.9 Å². The molecule has 8 nitrogen and oxygen atoms in total. The number of aromatic nitrogens is 6. The second-order valence-corrected chi connectivity index (χ2v) is 7.26. The highest BCUT2D eigenvalue weighted by Crippen LogP contribution is 2.27. The second-order valence-electron chi connectivity index (χ2n) is 7.26. The van der Waals surface area contributed by atoms with Crippen LogP contribution in [0.5, 0.6) is 11.8 Å². The highest BCUT2D eigenvalue weighted by molar-refractivity contribution is 5.74. The fourth-order valence-corrected chi connectivity index (χ4v) is 3.38. The van der Waals surface area contributed by atoms with Crippen molar-refractivity contribution in [2.24, 2.45) is 7.05 Å². The first-order valence-corrected chi connectivity index (χ1v) is 9.65. The van der Waals surface area contributed by atoms with Crippen molar-refractivity contribution < 1.29 is 4.74 Å². The molecule has 0 spiro atoms. The van der Waals surface area contributed by atoms with Gasteiger partial charge in [0.2, 0.25) is 0 Å². The van der Waals surface area contributed by atoms with Crippen LogP contribution in [0.1, 0.15) is 32.5 Å². The lowest BCUT2D eigenvalue weighted by molar-refractivity contribution is 0.413. The van der Waals surface area contributed by atoms with Gasteiger partial charge in [-0.1, -0.05) is 12.1 Å². The van der Waals surface area contributed by atoms with E-state index < -0.39 is 0 Å². The maximum atomic E-state index is 12.7. The van der Waals surface area contributed by atoms with Gasteiger partial charge in [0, 0.05) is 30.9 Å². The van der Waals surface area contributed by atoms with E-state index in [9.17, 15) is 4.79 Å². The molecule has 0 atom stereocenters. The van der Waals surface area contributed by atoms with Crippen molar-refractivity contribution in [1.29, 1.82) is 0 Å². The molecule has 3 heterocycles. The molecule has 8 heteroatoms. The van der Waals surface area contributed by atoms with Gasteiger partial charge in [-0.05, 0) is 45.4 Å². The van der Waals surface area contributed by atoms with Crippen LogP contribution < -0.4 is 10.3 Å². The molecule has 0 fully saturated rings. The molecule has 0 saturated carbocycles. The van der Waals surface area contributed by atoms with Gasteiger partial charge in [0.05, 0.1) is 12.4 Å². The molecule has 0 N–H and O–H groups in total. The molecular formula is C21H24N6O2. The van der Waals surface area contributed by atoms with Crippen LogP contribution in [0.15, 0.2) is 41.5 Å². The summed E-state index contributed by atoms with van der Waals surface area (Å²) >= 11 is 0. The Hall–Kier alpha value is -3.42. The van der Waals surface area contributed by atoms with Crippen LogP contribution in [0.25, 0.3) is 22.2 Å². The van der Waals surface area contributed by atoms with Gasteiger partial charge >= 0.3 is 6.01 Å². The molecule has 4 aromatic rings. The predicted octanol–water partition coefficient (Wildman–Crippen LogP) is 3.70. The summed E-state index contributed by atoms with van der Waals surface area (Å²) in [5.74, 6) is 0.603. The first kappa shape index (κ1) is 18.9. The Kier molecular flexibility index (Phi) is 4.70. The lowest BCUT2D eigenvalue weighted by Gasteiger charge is -2.11. The van der Waals surface area contributed by atoms with Gasteiger partial charge in [-0.2, -0.15) is 15.2 Å². The summed E-state index contributed by atoms with van der Waals surface area (Å²) in [6, 6.07) is 8.02. The average molecular weight is 392 g/mol. The quantitative estimate of drug-likeness (QED) is 0.517. The minimum Gasteiger partial charge on any atom is -0.425 e. The van der Waals surface area contributed by atoms with Crippen LogP contribution in [0.3, 0.4) is 0 Å². The monoisotopic (exact) mass is 392 g/mol. The Morgan fingerprint density at radius 3 is 2.45 bits per heavy atom. The van der Waals surface area contributed by atoms with Crippen LogP contribution in [-0.4, -0.2) is 29.1 Å². The Labute approximate surface area is 168 Å². The Balaban J connectivity index is 1.68. The lowest BCUT2D eigenvalue weighted by Crippen LogP contribution is -2.20. The van der Waals surface area contributed by atoms with Crippen molar-refractivity contribution in [3.63, 3.8) is 0 Å². The van der Waals surface area contributed by atoms with Gasteiger partial charge in [-0.15, -0.1) is 0 Å². The third-order valence-corrected chi connectivity index (χ3v) is 5.06. The summed E-state index contributed by atoms with van der Waals surface area (Å²) in [5.41, 5.74) is 3.61. The normalized spacial score (nSPS) is 11.5. The fourth-order valence-electron chi connectivity index (χ4n) is 3.38. The number of ether oxygens (including phenoxy) is 1. The van der Waals surface area contributed by atoms with Gasteiger partial charge in [0.1, 0.15) is 11.1 Å². The average Bonchev–Trinajstić information content (AvgIpc) is 3.30. The van der Waals surface area contributed by atoms with Crippen molar-refractivity contribution >= 4 is 11.0 Å². The van der Waals surface area contributed by atoms with Gasteiger partial charge < -0.3 is 4.74 Å². The van der Waals surface area contributed by atoms with Gasteiger partial charge in [0.25, 0.3) is 5.56 Å². The lowest BCUT2D eigenvalue weighted by atomic mass is 10.1. The van der Waals surface area contributed by atoms with E-state index in [-0.39, 0.29) is 17.6 Å². The van der Waals surface area contributed by atoms with E-state index in [0.29, 0.717) is 16.8 Å². The molecule has 1 aromatic carbocycles. The first-order chi connectivity index (χ1) is 13.9. The van der Waals surface area contributed by atoms with E-state index in [2.05, 4.69) is 29.0 Å². The summed E-state index contributed by atoms with van der Waals surface area (Å²) < 4.78 is 11.0. The molecular weight excluding hydrogens is 368 g/mol. The number of nitrogens with zero attached hydrogens (tertiary/aromatic N) is 6. The maximum Gasteiger partial charge on any atom is 0.306 e. The molecule has 0 bridgehead atoms. The van der Waals surface area contributed by atoms with Crippen molar-refractivity contribution in [3.8, 4) is 22.9 Å². The van der Waals surface area contributed by atoms with Gasteiger partial charge in [-0.3, -0.25) is 14.0 Å². The predicted molar refractivity (Wildman–Crippen MR) is 111 cm³/mol. The number of hydrogen-bond donors (Lipinski definition) is 0. The zero-order valence-electron chi connectivity index (χ0n) is 17.2. The summed E-state index contributed by atoms with van der Waals surface area (Å²) in [7, 11) is 1.65. The molecule has 0 unspecified atom stereocenters. The highest BCUT2D eigenvalue weighted by atomic mass is 16.5. The summed E-state index contributed by atoms with van der Waals surface area (Å²) in [6.45, 7) is 8.95. The number of benzene rings is 1. The number of rotatable bonds is 5. The zero-order chi connectivity index (χ0) is 20.7. The maximum absolute atomic E-state index is 12.7. The standard InChI is InChI=1S/C21H24N6O2/c1-6-26-14(4)17(11-22-26)15-7-9-16(10-8-15)29-21-24-19-18(20(28)25(21)5)12-23-27(19)13(2)3/h7-13H,6H2,1-5H3. The number of fused-ring (bicyclic) bond motifs is 1. The minimum atomic E-state index is -0.184. The van der Waals surface area contributed by atoms with Crippen molar-refractivity contribution in [1.82, 2.24) is 29.1 Å². The molecule has 150 valence electrons. The Morgan fingerprint density at radius 1 is 1.10 bits per heavy atom. The van der Waals surface area contributed by atoms with E-state index in [1.165, 1.54) is 4.57 Å². The van der Waals surface area contributed by atoms with Gasteiger partial charge in [-0.25, -0.2) is 4.68 Å². The molecule has 0 radical (unpaired) electrons. The summed E-state index contributed by atoms with van der Waals surface area (Å²) in [6.07, 6.45) is 3.43. The summed E-state index contributed by atoms with van der Waals surface area (Å²) in [4.78, 5) is 17.2. The van der Waals surface area contributed by atoms with Crippen LogP contribution in [-0.2, 0) is 13.6 Å². The molecule has 0 aliphatic heterocycles. The molecule has 4 rings (SSSR count). The molecule has 0 saturated heterocycles. The van der Waals surface area contributed by atoms with E-state index in [4.69, 9.17) is 4.74 Å². The van der Waals surface area contributed by atoms with Gasteiger partial charge in [0.15, 0.2) is 5.65 Å². The summed E-state index contributed by atoms with van der Waals surface area (Å²) in [5, 5.41) is 9.16. The third kappa shape index (κ3) is 3.20. The van der Waals surface area contributed by atoms with Crippen molar-refractivity contribution in [2.75, 3.05) is 0 Å². The Morgan fingerprint density at radius 2 is 1.83 bits per heavy atom. The zero-order valence-corrected chi connectivity index (χ0v) is 17.2. The third-order valence-electron chi connectivity index (χ3n) is 5.06. The number of hydrogen-bond acceptors (Lipinski definition) is 5. The molecule has 0 aliphatic rings. The molecule has 0 amide bonds. The topological polar surface area (TPSA) is 79.8 Å². The van der Waals surface area contributed by atoms with Crippen LogP contribution in [0, 0.1) is 6.92 Å².